The summed E-state index contributed by atoms with van der Waals surface area (Å²) in [4.78, 5) is 7.29. The van der Waals surface area contributed by atoms with E-state index in [9.17, 15) is 0 Å². The van der Waals surface area contributed by atoms with Gasteiger partial charge in [-0.1, -0.05) is 12.1 Å². The zero-order valence-corrected chi connectivity index (χ0v) is 15.3. The van der Waals surface area contributed by atoms with Gasteiger partial charge in [0.1, 0.15) is 5.75 Å². The largest absolute Gasteiger partial charge is 0.494 e. The van der Waals surface area contributed by atoms with Gasteiger partial charge in [0.05, 0.1) is 6.61 Å². The van der Waals surface area contributed by atoms with Gasteiger partial charge in [0, 0.05) is 45.3 Å². The molecule has 0 N–H and O–H groups in total. The average molecular weight is 319 g/mol. The maximum Gasteiger partial charge on any atom is 0.119 e. The number of hydrogen-bond acceptors (Lipinski definition) is 4. The molecule has 1 aliphatic rings. The number of hydrogen-bond donors (Lipinski definition) is 0. The van der Waals surface area contributed by atoms with Crippen LogP contribution in [0.3, 0.4) is 0 Å². The molecule has 0 saturated carbocycles. The Labute approximate surface area is 142 Å². The molecule has 1 fully saturated rings. The summed E-state index contributed by atoms with van der Waals surface area (Å²) in [6.07, 6.45) is 1.06. The van der Waals surface area contributed by atoms with Crippen LogP contribution in [0.2, 0.25) is 0 Å². The molecule has 1 saturated heterocycles. The number of ether oxygens (including phenoxy) is 1. The summed E-state index contributed by atoms with van der Waals surface area (Å²) in [5, 5.41) is 0. The number of nitrogens with zero attached hydrogens (tertiary/aromatic N) is 3. The van der Waals surface area contributed by atoms with Crippen molar-refractivity contribution < 1.29 is 4.74 Å². The molecule has 1 aromatic carbocycles. The van der Waals surface area contributed by atoms with Gasteiger partial charge >= 0.3 is 0 Å². The lowest BCUT2D eigenvalue weighted by molar-refractivity contribution is 0.104. The van der Waals surface area contributed by atoms with E-state index in [1.807, 2.05) is 0 Å². The Morgan fingerprint density at radius 3 is 2.26 bits per heavy atom. The van der Waals surface area contributed by atoms with Gasteiger partial charge in [0.2, 0.25) is 0 Å². The normalized spacial score (nSPS) is 17.1. The van der Waals surface area contributed by atoms with Crippen molar-refractivity contribution in [2.45, 2.75) is 32.9 Å². The Hall–Kier alpha value is -1.10. The Morgan fingerprint density at radius 2 is 1.70 bits per heavy atom. The Morgan fingerprint density at radius 1 is 1.04 bits per heavy atom. The third kappa shape index (κ3) is 6.50. The van der Waals surface area contributed by atoms with Crippen molar-refractivity contribution in [1.82, 2.24) is 14.7 Å². The second-order valence-corrected chi connectivity index (χ2v) is 7.06. The molecule has 0 unspecified atom stereocenters. The van der Waals surface area contributed by atoms with E-state index in [0.717, 1.165) is 31.9 Å². The summed E-state index contributed by atoms with van der Waals surface area (Å²) >= 11 is 0. The Kier molecular flexibility index (Phi) is 7.34. The summed E-state index contributed by atoms with van der Waals surface area (Å²) in [5.41, 5.74) is 1.38. The van der Waals surface area contributed by atoms with E-state index in [0.29, 0.717) is 6.04 Å². The van der Waals surface area contributed by atoms with Crippen molar-refractivity contribution in [3.05, 3.63) is 29.8 Å². The quantitative estimate of drug-likeness (QED) is 0.685. The average Bonchev–Trinajstić information content (AvgIpc) is 2.53. The fourth-order valence-electron chi connectivity index (χ4n) is 2.96. The predicted octanol–water partition coefficient (Wildman–Crippen LogP) is 2.54. The van der Waals surface area contributed by atoms with Crippen LogP contribution in [0.25, 0.3) is 0 Å². The van der Waals surface area contributed by atoms with Gasteiger partial charge in [-0.3, -0.25) is 9.80 Å². The fraction of sp³-hybridized carbons (Fsp3) is 0.684. The van der Waals surface area contributed by atoms with Crippen molar-refractivity contribution in [3.63, 3.8) is 0 Å². The van der Waals surface area contributed by atoms with Crippen LogP contribution >= 0.6 is 0 Å². The minimum atomic E-state index is 0.668. The Balaban J connectivity index is 1.71. The molecular formula is C19H33N3O. The SMILES string of the molecule is CC(C)N1CCN(Cc2ccc(OCCCN(C)C)cc2)CC1. The smallest absolute Gasteiger partial charge is 0.119 e. The van der Waals surface area contributed by atoms with E-state index in [2.05, 4.69) is 66.9 Å². The van der Waals surface area contributed by atoms with Gasteiger partial charge in [0.25, 0.3) is 0 Å². The molecule has 4 nitrogen and oxygen atoms in total. The summed E-state index contributed by atoms with van der Waals surface area (Å²) in [7, 11) is 4.19. The summed E-state index contributed by atoms with van der Waals surface area (Å²) < 4.78 is 5.79. The lowest BCUT2D eigenvalue weighted by atomic mass is 10.2. The summed E-state index contributed by atoms with van der Waals surface area (Å²) in [6.45, 7) is 12.2. The van der Waals surface area contributed by atoms with Crippen molar-refractivity contribution >= 4 is 0 Å². The van der Waals surface area contributed by atoms with Crippen LogP contribution in [-0.4, -0.2) is 74.2 Å². The highest BCUT2D eigenvalue weighted by Crippen LogP contribution is 2.15. The summed E-state index contributed by atoms with van der Waals surface area (Å²) in [6, 6.07) is 9.29. The molecule has 1 aliphatic heterocycles. The zero-order chi connectivity index (χ0) is 16.7. The topological polar surface area (TPSA) is 19.0 Å². The monoisotopic (exact) mass is 319 g/mol. The minimum absolute atomic E-state index is 0.668. The van der Waals surface area contributed by atoms with Gasteiger partial charge in [0.15, 0.2) is 0 Å². The maximum atomic E-state index is 5.79. The van der Waals surface area contributed by atoms with Crippen LogP contribution in [0.15, 0.2) is 24.3 Å². The molecule has 0 atom stereocenters. The van der Waals surface area contributed by atoms with Crippen molar-refractivity contribution in [3.8, 4) is 5.75 Å². The predicted molar refractivity (Wildman–Crippen MR) is 97.1 cm³/mol. The van der Waals surface area contributed by atoms with Gasteiger partial charge in [-0.2, -0.15) is 0 Å². The molecule has 1 heterocycles. The summed E-state index contributed by atoms with van der Waals surface area (Å²) in [5.74, 6) is 0.983. The van der Waals surface area contributed by atoms with Gasteiger partial charge in [-0.05, 0) is 52.1 Å². The third-order valence-corrected chi connectivity index (χ3v) is 4.49. The minimum Gasteiger partial charge on any atom is -0.494 e. The van der Waals surface area contributed by atoms with Crippen molar-refractivity contribution in [2.75, 3.05) is 53.4 Å². The molecule has 130 valence electrons. The highest BCUT2D eigenvalue weighted by molar-refractivity contribution is 5.27. The maximum absolute atomic E-state index is 5.79. The standard InChI is InChI=1S/C19H33N3O/c1-17(2)22-13-11-21(12-14-22)16-18-6-8-19(9-7-18)23-15-5-10-20(3)4/h6-9,17H,5,10-16H2,1-4H3. The van der Waals surface area contributed by atoms with E-state index in [1.54, 1.807) is 0 Å². The molecule has 0 spiro atoms. The van der Waals surface area contributed by atoms with E-state index in [4.69, 9.17) is 4.74 Å². The highest BCUT2D eigenvalue weighted by Gasteiger charge is 2.18. The second-order valence-electron chi connectivity index (χ2n) is 7.06. The van der Waals surface area contributed by atoms with E-state index < -0.39 is 0 Å². The van der Waals surface area contributed by atoms with Crippen LogP contribution in [0, 0.1) is 0 Å². The van der Waals surface area contributed by atoms with Crippen LogP contribution in [0.4, 0.5) is 0 Å². The molecule has 0 radical (unpaired) electrons. The molecule has 1 aromatic rings. The van der Waals surface area contributed by atoms with Crippen LogP contribution in [0.1, 0.15) is 25.8 Å². The van der Waals surface area contributed by atoms with Crippen molar-refractivity contribution in [2.24, 2.45) is 0 Å². The molecule has 2 rings (SSSR count). The molecule has 4 heteroatoms. The van der Waals surface area contributed by atoms with E-state index in [1.165, 1.54) is 31.7 Å². The lowest BCUT2D eigenvalue weighted by Crippen LogP contribution is -2.48. The number of rotatable bonds is 8. The molecule has 0 bridgehead atoms. The van der Waals surface area contributed by atoms with E-state index >= 15 is 0 Å². The third-order valence-electron chi connectivity index (χ3n) is 4.49. The fourth-order valence-corrected chi connectivity index (χ4v) is 2.96. The second kappa shape index (κ2) is 9.26. The molecule has 0 amide bonds. The van der Waals surface area contributed by atoms with Crippen LogP contribution in [-0.2, 0) is 6.54 Å². The van der Waals surface area contributed by atoms with Crippen LogP contribution < -0.4 is 4.74 Å². The molecule has 23 heavy (non-hydrogen) atoms. The molecular weight excluding hydrogens is 286 g/mol. The van der Waals surface area contributed by atoms with Gasteiger partial charge < -0.3 is 9.64 Å². The van der Waals surface area contributed by atoms with Crippen molar-refractivity contribution in [1.29, 1.82) is 0 Å². The van der Waals surface area contributed by atoms with Crippen LogP contribution in [0.5, 0.6) is 5.75 Å². The number of piperazine rings is 1. The highest BCUT2D eigenvalue weighted by atomic mass is 16.5. The first-order valence-corrected chi connectivity index (χ1v) is 8.87. The molecule has 0 aromatic heterocycles. The van der Waals surface area contributed by atoms with Gasteiger partial charge in [-0.15, -0.1) is 0 Å². The van der Waals surface area contributed by atoms with E-state index in [-0.39, 0.29) is 0 Å². The zero-order valence-electron chi connectivity index (χ0n) is 15.3. The molecule has 0 aliphatic carbocycles. The van der Waals surface area contributed by atoms with Gasteiger partial charge in [-0.25, -0.2) is 0 Å². The Bertz CT molecular complexity index is 436. The first-order chi connectivity index (χ1) is 11.0. The number of benzene rings is 1. The first kappa shape index (κ1) is 18.2. The first-order valence-electron chi connectivity index (χ1n) is 8.87. The lowest BCUT2D eigenvalue weighted by Gasteiger charge is -2.36.